The highest BCUT2D eigenvalue weighted by molar-refractivity contribution is 5.90. The molecule has 28 heavy (non-hydrogen) atoms. The lowest BCUT2D eigenvalue weighted by Gasteiger charge is -2.40. The van der Waals surface area contributed by atoms with Gasteiger partial charge in [-0.25, -0.2) is 4.79 Å². The summed E-state index contributed by atoms with van der Waals surface area (Å²) in [5.74, 6) is -1.23. The van der Waals surface area contributed by atoms with Gasteiger partial charge in [0.25, 0.3) is 0 Å². The molecule has 2 saturated heterocycles. The van der Waals surface area contributed by atoms with Gasteiger partial charge in [0.1, 0.15) is 12.6 Å². The number of nitrogens with zero attached hydrogens (tertiary/aromatic N) is 4. The van der Waals surface area contributed by atoms with Crippen molar-refractivity contribution in [2.24, 2.45) is 0 Å². The second-order valence-electron chi connectivity index (χ2n) is 6.85. The van der Waals surface area contributed by atoms with Crippen molar-refractivity contribution in [2.75, 3.05) is 37.6 Å². The van der Waals surface area contributed by atoms with Crippen molar-refractivity contribution in [3.63, 3.8) is 0 Å². The van der Waals surface area contributed by atoms with E-state index < -0.39 is 24.2 Å². The summed E-state index contributed by atoms with van der Waals surface area (Å²) in [6, 6.07) is 8.30. The van der Waals surface area contributed by atoms with Gasteiger partial charge in [0.05, 0.1) is 24.2 Å². The van der Waals surface area contributed by atoms with Gasteiger partial charge in [-0.2, -0.15) is 5.26 Å². The van der Waals surface area contributed by atoms with Crippen LogP contribution in [0.25, 0.3) is 0 Å². The minimum atomic E-state index is -1.03. The first-order valence-electron chi connectivity index (χ1n) is 9.16. The fourth-order valence-corrected chi connectivity index (χ4v) is 3.66. The Morgan fingerprint density at radius 2 is 2.00 bits per heavy atom. The van der Waals surface area contributed by atoms with E-state index in [1.54, 1.807) is 24.3 Å². The molecule has 0 aromatic heterocycles. The number of hydrogen-bond acceptors (Lipinski definition) is 6. The smallest absolute Gasteiger partial charge is 0.414 e. The predicted molar refractivity (Wildman–Crippen MR) is 98.6 cm³/mol. The van der Waals surface area contributed by atoms with Crippen LogP contribution in [0.4, 0.5) is 10.5 Å². The number of piperazine rings is 1. The van der Waals surface area contributed by atoms with Gasteiger partial charge in [-0.15, -0.1) is 0 Å². The molecule has 9 nitrogen and oxygen atoms in total. The lowest BCUT2D eigenvalue weighted by molar-refractivity contribution is -0.150. The van der Waals surface area contributed by atoms with Crippen molar-refractivity contribution in [3.05, 3.63) is 29.8 Å². The van der Waals surface area contributed by atoms with Crippen LogP contribution in [0, 0.1) is 11.3 Å². The highest BCUT2D eigenvalue weighted by atomic mass is 16.6. The number of carbonyl (C=O) groups excluding carboxylic acids is 2. The zero-order valence-corrected chi connectivity index (χ0v) is 15.6. The van der Waals surface area contributed by atoms with E-state index in [0.717, 1.165) is 0 Å². The first-order chi connectivity index (χ1) is 13.4. The summed E-state index contributed by atoms with van der Waals surface area (Å²) in [4.78, 5) is 40.6. The van der Waals surface area contributed by atoms with Crippen LogP contribution in [0.5, 0.6) is 0 Å². The number of aliphatic carboxylic acids is 1. The van der Waals surface area contributed by atoms with E-state index in [2.05, 4.69) is 0 Å². The summed E-state index contributed by atoms with van der Waals surface area (Å²) in [7, 11) is 0. The van der Waals surface area contributed by atoms with Gasteiger partial charge >= 0.3 is 12.1 Å². The monoisotopic (exact) mass is 386 g/mol. The molecule has 1 aromatic carbocycles. The van der Waals surface area contributed by atoms with E-state index in [9.17, 15) is 14.4 Å². The Bertz CT molecular complexity index is 804. The molecule has 0 saturated carbocycles. The molecular weight excluding hydrogens is 364 g/mol. The maximum Gasteiger partial charge on any atom is 0.414 e. The quantitative estimate of drug-likeness (QED) is 0.772. The zero-order valence-electron chi connectivity index (χ0n) is 15.6. The number of carbonyl (C=O) groups is 3. The predicted octanol–water partition coefficient (Wildman–Crippen LogP) is 0.891. The Morgan fingerprint density at radius 1 is 1.29 bits per heavy atom. The number of nitriles is 1. The average Bonchev–Trinajstić information content (AvgIpc) is 3.04. The number of carboxylic acids is 1. The Balaban J connectivity index is 1.64. The van der Waals surface area contributed by atoms with Crippen LogP contribution in [-0.4, -0.2) is 77.7 Å². The van der Waals surface area contributed by atoms with Gasteiger partial charge in [0, 0.05) is 25.3 Å². The molecule has 0 radical (unpaired) electrons. The van der Waals surface area contributed by atoms with Crippen molar-refractivity contribution >= 4 is 23.7 Å². The molecule has 1 aromatic rings. The second kappa shape index (κ2) is 8.27. The summed E-state index contributed by atoms with van der Waals surface area (Å²) >= 11 is 0. The third kappa shape index (κ3) is 4.07. The highest BCUT2D eigenvalue weighted by Crippen LogP contribution is 2.24. The Hall–Kier alpha value is -3.12. The molecule has 0 aliphatic carbocycles. The fourth-order valence-electron chi connectivity index (χ4n) is 3.66. The molecule has 3 rings (SSSR count). The number of carboxylic acid groups (broad SMARTS) is 1. The summed E-state index contributed by atoms with van der Waals surface area (Å²) in [6.45, 7) is 3.20. The molecule has 9 heteroatoms. The van der Waals surface area contributed by atoms with E-state index in [-0.39, 0.29) is 12.5 Å². The molecule has 2 heterocycles. The van der Waals surface area contributed by atoms with E-state index in [1.807, 2.05) is 17.9 Å². The van der Waals surface area contributed by atoms with Gasteiger partial charge < -0.3 is 14.7 Å². The maximum atomic E-state index is 12.6. The number of hydrogen-bond donors (Lipinski definition) is 1. The lowest BCUT2D eigenvalue weighted by Crippen LogP contribution is -2.59. The number of ether oxygens (including phenoxy) is 1. The van der Waals surface area contributed by atoms with E-state index in [0.29, 0.717) is 43.9 Å². The maximum absolute atomic E-state index is 12.6. The lowest BCUT2D eigenvalue weighted by atomic mass is 10.1. The van der Waals surface area contributed by atoms with Crippen LogP contribution in [0.2, 0.25) is 0 Å². The molecule has 1 N–H and O–H groups in total. The molecule has 2 amide bonds. The molecule has 2 fully saturated rings. The van der Waals surface area contributed by atoms with Crippen LogP contribution < -0.4 is 4.90 Å². The van der Waals surface area contributed by atoms with E-state index in [1.165, 1.54) is 9.80 Å². The molecule has 2 aliphatic rings. The van der Waals surface area contributed by atoms with Crippen LogP contribution in [0.1, 0.15) is 18.9 Å². The molecular formula is C19H22N4O5. The van der Waals surface area contributed by atoms with Crippen LogP contribution in [-0.2, 0) is 14.3 Å². The minimum Gasteiger partial charge on any atom is -0.480 e. The van der Waals surface area contributed by atoms with E-state index >= 15 is 0 Å². The molecule has 148 valence electrons. The number of benzene rings is 1. The Kier molecular flexibility index (Phi) is 5.80. The molecule has 2 unspecified atom stereocenters. The highest BCUT2D eigenvalue weighted by Gasteiger charge is 2.39. The van der Waals surface area contributed by atoms with Crippen LogP contribution in [0.3, 0.4) is 0 Å². The molecule has 2 atom stereocenters. The third-order valence-corrected chi connectivity index (χ3v) is 5.03. The van der Waals surface area contributed by atoms with Crippen LogP contribution in [0.15, 0.2) is 24.3 Å². The van der Waals surface area contributed by atoms with Gasteiger partial charge in [0.2, 0.25) is 5.91 Å². The first kappa shape index (κ1) is 19.6. The van der Waals surface area contributed by atoms with E-state index in [4.69, 9.17) is 15.1 Å². The average molecular weight is 386 g/mol. The molecule has 0 spiro atoms. The number of rotatable bonds is 6. The summed E-state index contributed by atoms with van der Waals surface area (Å²) in [5.41, 5.74) is 1.16. The number of anilines is 1. The van der Waals surface area contributed by atoms with Crippen molar-refractivity contribution in [2.45, 2.75) is 25.5 Å². The summed E-state index contributed by atoms with van der Waals surface area (Å²) in [6.07, 6.45) is -0.302. The Morgan fingerprint density at radius 3 is 2.61 bits per heavy atom. The van der Waals surface area contributed by atoms with Gasteiger partial charge in [-0.3, -0.25) is 19.4 Å². The normalized spacial score (nSPS) is 22.9. The summed E-state index contributed by atoms with van der Waals surface area (Å²) in [5, 5.41) is 17.8. The van der Waals surface area contributed by atoms with Gasteiger partial charge in [0.15, 0.2) is 0 Å². The minimum absolute atomic E-state index is 0.204. The second-order valence-corrected chi connectivity index (χ2v) is 6.85. The molecule has 0 bridgehead atoms. The molecule has 2 aliphatic heterocycles. The Labute approximate surface area is 162 Å². The number of cyclic esters (lactones) is 1. The fraction of sp³-hybridized carbons (Fsp3) is 0.474. The van der Waals surface area contributed by atoms with Gasteiger partial charge in [-0.05, 0) is 30.7 Å². The SMILES string of the molecule is CCC1C(=O)N(CC(=O)O)CCN1CC1CN(c2ccc(C#N)cc2)C(=O)O1. The van der Waals surface area contributed by atoms with Crippen molar-refractivity contribution < 1.29 is 24.2 Å². The van der Waals surface area contributed by atoms with Gasteiger partial charge in [-0.1, -0.05) is 6.92 Å². The topological polar surface area (TPSA) is 114 Å². The van der Waals surface area contributed by atoms with Crippen LogP contribution >= 0.6 is 0 Å². The van der Waals surface area contributed by atoms with Crippen molar-refractivity contribution in [1.29, 1.82) is 5.26 Å². The number of amides is 2. The largest absolute Gasteiger partial charge is 0.480 e. The van der Waals surface area contributed by atoms with Crippen molar-refractivity contribution in [3.8, 4) is 6.07 Å². The standard InChI is InChI=1S/C19H22N4O5/c1-2-16-18(26)22(12-17(24)25)8-7-21(16)10-15-11-23(19(27)28-15)14-5-3-13(9-20)4-6-14/h3-6,15-16H,2,7-8,10-12H2,1H3,(H,24,25). The van der Waals surface area contributed by atoms with Crippen molar-refractivity contribution in [1.82, 2.24) is 9.80 Å². The zero-order chi connectivity index (χ0) is 20.3. The third-order valence-electron chi connectivity index (χ3n) is 5.03. The summed E-state index contributed by atoms with van der Waals surface area (Å²) < 4.78 is 5.47. The first-order valence-corrected chi connectivity index (χ1v) is 9.16.